The lowest BCUT2D eigenvalue weighted by Gasteiger charge is -2.32. The fourth-order valence-corrected chi connectivity index (χ4v) is 4.24. The molecule has 0 radical (unpaired) electrons. The van der Waals surface area contributed by atoms with E-state index in [0.29, 0.717) is 12.5 Å². The van der Waals surface area contributed by atoms with Crippen LogP contribution in [0.15, 0.2) is 48.5 Å². The second-order valence-corrected chi connectivity index (χ2v) is 7.17. The van der Waals surface area contributed by atoms with Crippen LogP contribution in [0, 0.1) is 0 Å². The van der Waals surface area contributed by atoms with Crippen molar-refractivity contribution in [2.24, 2.45) is 0 Å². The first kappa shape index (κ1) is 16.3. The third-order valence-corrected chi connectivity index (χ3v) is 5.47. The molecule has 2 aliphatic rings. The van der Waals surface area contributed by atoms with Gasteiger partial charge in [-0.05, 0) is 42.9 Å². The normalized spacial score (nSPS) is 25.0. The van der Waals surface area contributed by atoms with E-state index in [-0.39, 0.29) is 18.1 Å². The number of amides is 2. The van der Waals surface area contributed by atoms with Crippen molar-refractivity contribution in [2.45, 2.75) is 43.9 Å². The van der Waals surface area contributed by atoms with Gasteiger partial charge in [0.2, 0.25) is 0 Å². The van der Waals surface area contributed by atoms with E-state index in [1.54, 1.807) is 0 Å². The van der Waals surface area contributed by atoms with E-state index in [9.17, 15) is 4.79 Å². The fraction of sp³-hybridized carbons (Fsp3) is 0.350. The molecule has 2 aromatic carbocycles. The minimum absolute atomic E-state index is 0.0599. The van der Waals surface area contributed by atoms with E-state index < -0.39 is 0 Å². The van der Waals surface area contributed by atoms with Crippen LogP contribution in [0.4, 0.5) is 4.79 Å². The molecule has 130 valence electrons. The molecule has 4 nitrogen and oxygen atoms in total. The van der Waals surface area contributed by atoms with Crippen molar-refractivity contribution in [3.05, 3.63) is 64.7 Å². The molecule has 2 N–H and O–H groups in total. The smallest absolute Gasteiger partial charge is 0.315 e. The lowest BCUT2D eigenvalue weighted by Crippen LogP contribution is -2.39. The molecule has 2 fully saturated rings. The van der Waals surface area contributed by atoms with Crippen LogP contribution >= 0.6 is 11.6 Å². The Bertz CT molecular complexity index is 766. The summed E-state index contributed by atoms with van der Waals surface area (Å²) in [6.07, 6.45) is 2.83. The average Bonchev–Trinajstić information content (AvgIpc) is 3.00. The minimum Gasteiger partial charge on any atom is -0.489 e. The highest BCUT2D eigenvalue weighted by Gasteiger charge is 2.38. The zero-order valence-electron chi connectivity index (χ0n) is 13.9. The molecular weight excluding hydrogens is 336 g/mol. The number of urea groups is 1. The third kappa shape index (κ3) is 3.45. The summed E-state index contributed by atoms with van der Waals surface area (Å²) in [5, 5.41) is 6.75. The molecule has 5 heteroatoms. The van der Waals surface area contributed by atoms with Crippen molar-refractivity contribution in [1.82, 2.24) is 10.6 Å². The van der Waals surface area contributed by atoms with E-state index in [0.717, 1.165) is 41.2 Å². The van der Waals surface area contributed by atoms with E-state index in [4.69, 9.17) is 16.3 Å². The standard InChI is InChI=1S/C20H21ClN2O2/c21-15-7-4-8-18(25-12-13-5-2-1-3-6-13)19(15)14-9-10-16-17(11-14)23-20(24)22-16/h1-8,14,16-17H,9-12H2,(H2,22,23,24). The van der Waals surface area contributed by atoms with Gasteiger partial charge in [0, 0.05) is 10.6 Å². The van der Waals surface area contributed by atoms with Gasteiger partial charge in [0.1, 0.15) is 12.4 Å². The van der Waals surface area contributed by atoms with Crippen LogP contribution in [0.25, 0.3) is 0 Å². The van der Waals surface area contributed by atoms with Crippen LogP contribution in [-0.2, 0) is 6.61 Å². The van der Waals surface area contributed by atoms with Gasteiger partial charge in [0.25, 0.3) is 0 Å². The van der Waals surface area contributed by atoms with Crippen molar-refractivity contribution in [3.8, 4) is 5.75 Å². The quantitative estimate of drug-likeness (QED) is 0.861. The topological polar surface area (TPSA) is 50.4 Å². The van der Waals surface area contributed by atoms with Crippen LogP contribution in [-0.4, -0.2) is 18.1 Å². The first-order valence-electron chi connectivity index (χ1n) is 8.73. The molecule has 1 saturated heterocycles. The first-order valence-corrected chi connectivity index (χ1v) is 9.10. The first-order chi connectivity index (χ1) is 12.2. The Morgan fingerprint density at radius 3 is 2.64 bits per heavy atom. The summed E-state index contributed by atoms with van der Waals surface area (Å²) in [6, 6.07) is 16.3. The monoisotopic (exact) mass is 356 g/mol. The number of carbonyl (C=O) groups excluding carboxylic acids is 1. The molecule has 1 aliphatic heterocycles. The van der Waals surface area contributed by atoms with Crippen molar-refractivity contribution >= 4 is 17.6 Å². The van der Waals surface area contributed by atoms with Gasteiger partial charge in [-0.15, -0.1) is 0 Å². The number of hydrogen-bond donors (Lipinski definition) is 2. The predicted molar refractivity (Wildman–Crippen MR) is 98.1 cm³/mol. The number of carbonyl (C=O) groups is 1. The molecule has 25 heavy (non-hydrogen) atoms. The maximum Gasteiger partial charge on any atom is 0.315 e. The van der Waals surface area contributed by atoms with Crippen LogP contribution in [0.5, 0.6) is 5.75 Å². The summed E-state index contributed by atoms with van der Waals surface area (Å²) in [5.74, 6) is 1.14. The lowest BCUT2D eigenvalue weighted by molar-refractivity contribution is 0.247. The van der Waals surface area contributed by atoms with Gasteiger partial charge in [-0.1, -0.05) is 48.0 Å². The van der Waals surface area contributed by atoms with Crippen LogP contribution in [0.1, 0.15) is 36.3 Å². The summed E-state index contributed by atoms with van der Waals surface area (Å²) in [4.78, 5) is 11.6. The SMILES string of the molecule is O=C1NC2CCC(c3c(Cl)cccc3OCc3ccccc3)CC2N1. The van der Waals surface area contributed by atoms with Gasteiger partial charge < -0.3 is 15.4 Å². The molecule has 2 aromatic rings. The summed E-state index contributed by atoms with van der Waals surface area (Å²) in [6.45, 7) is 0.519. The van der Waals surface area contributed by atoms with Crippen molar-refractivity contribution in [2.75, 3.05) is 0 Å². The number of benzene rings is 2. The summed E-state index contributed by atoms with van der Waals surface area (Å²) < 4.78 is 6.10. The highest BCUT2D eigenvalue weighted by Crippen LogP contribution is 2.42. The minimum atomic E-state index is -0.0599. The van der Waals surface area contributed by atoms with E-state index in [1.165, 1.54) is 0 Å². The Labute approximate surface area is 152 Å². The molecule has 3 unspecified atom stereocenters. The highest BCUT2D eigenvalue weighted by atomic mass is 35.5. The number of fused-ring (bicyclic) bond motifs is 1. The molecule has 1 saturated carbocycles. The highest BCUT2D eigenvalue weighted by molar-refractivity contribution is 6.31. The molecular formula is C20H21ClN2O2. The molecule has 2 amide bonds. The molecule has 4 rings (SSSR count). The molecule has 0 aromatic heterocycles. The zero-order chi connectivity index (χ0) is 17.2. The number of ether oxygens (including phenoxy) is 1. The Hall–Kier alpha value is -2.20. The molecule has 3 atom stereocenters. The summed E-state index contributed by atoms with van der Waals surface area (Å²) >= 11 is 6.53. The maximum absolute atomic E-state index is 11.6. The summed E-state index contributed by atoms with van der Waals surface area (Å²) in [7, 11) is 0. The predicted octanol–water partition coefficient (Wildman–Crippen LogP) is 4.24. The van der Waals surface area contributed by atoms with E-state index in [2.05, 4.69) is 22.8 Å². The number of halogens is 1. The number of nitrogens with one attached hydrogen (secondary N) is 2. The third-order valence-electron chi connectivity index (χ3n) is 5.14. The molecule has 1 heterocycles. The van der Waals surface area contributed by atoms with Gasteiger partial charge >= 0.3 is 6.03 Å². The number of rotatable bonds is 4. The Morgan fingerprint density at radius 1 is 1.00 bits per heavy atom. The maximum atomic E-state index is 11.6. The number of hydrogen-bond acceptors (Lipinski definition) is 2. The van der Waals surface area contributed by atoms with Crippen molar-refractivity contribution in [1.29, 1.82) is 0 Å². The van der Waals surface area contributed by atoms with Crippen LogP contribution in [0.2, 0.25) is 5.02 Å². The lowest BCUT2D eigenvalue weighted by atomic mass is 9.79. The van der Waals surface area contributed by atoms with Gasteiger partial charge in [0.15, 0.2) is 0 Å². The molecule has 0 bridgehead atoms. The second-order valence-electron chi connectivity index (χ2n) is 6.77. The van der Waals surface area contributed by atoms with Crippen molar-refractivity contribution < 1.29 is 9.53 Å². The zero-order valence-corrected chi connectivity index (χ0v) is 14.6. The van der Waals surface area contributed by atoms with Crippen molar-refractivity contribution in [3.63, 3.8) is 0 Å². The van der Waals surface area contributed by atoms with Gasteiger partial charge in [0.05, 0.1) is 12.1 Å². The fourth-order valence-electron chi connectivity index (χ4n) is 3.92. The Morgan fingerprint density at radius 2 is 1.80 bits per heavy atom. The van der Waals surface area contributed by atoms with Gasteiger partial charge in [-0.25, -0.2) is 4.79 Å². The van der Waals surface area contributed by atoms with E-state index >= 15 is 0 Å². The van der Waals surface area contributed by atoms with E-state index in [1.807, 2.05) is 36.4 Å². The Balaban J connectivity index is 1.54. The van der Waals surface area contributed by atoms with Crippen LogP contribution in [0.3, 0.4) is 0 Å². The summed E-state index contributed by atoms with van der Waals surface area (Å²) in [5.41, 5.74) is 2.20. The average molecular weight is 357 g/mol. The second kappa shape index (κ2) is 6.96. The largest absolute Gasteiger partial charge is 0.489 e. The Kier molecular flexibility index (Phi) is 4.53. The molecule has 1 aliphatic carbocycles. The van der Waals surface area contributed by atoms with Crippen LogP contribution < -0.4 is 15.4 Å². The van der Waals surface area contributed by atoms with Gasteiger partial charge in [-0.2, -0.15) is 0 Å². The molecule has 0 spiro atoms. The van der Waals surface area contributed by atoms with Gasteiger partial charge in [-0.3, -0.25) is 0 Å².